The summed E-state index contributed by atoms with van der Waals surface area (Å²) in [5, 5.41) is 7.16. The molecule has 0 aliphatic carbocycles. The van der Waals surface area contributed by atoms with E-state index >= 15 is 0 Å². The summed E-state index contributed by atoms with van der Waals surface area (Å²) in [6, 6.07) is 80.8. The van der Waals surface area contributed by atoms with Crippen molar-refractivity contribution < 1.29 is 4.42 Å². The van der Waals surface area contributed by atoms with Crippen molar-refractivity contribution in [2.24, 2.45) is 0 Å². The molecule has 272 valence electrons. The van der Waals surface area contributed by atoms with Gasteiger partial charge >= 0.3 is 0 Å². The first-order valence-electron chi connectivity index (χ1n) is 19.8. The molecule has 0 spiro atoms. The van der Waals surface area contributed by atoms with Gasteiger partial charge in [-0.2, -0.15) is 0 Å². The second-order valence-corrected chi connectivity index (χ2v) is 14.9. The van der Waals surface area contributed by atoms with Gasteiger partial charge in [0.25, 0.3) is 0 Å². The SMILES string of the molecule is c1ccc(-c2ccc(N(c3cccc(-c4ccccc4-c4cccc5c4ccc4oc6ccccc6c45)c3)c3ccccc3-c3ccc4ccccc4c3)cc2)cc1. The summed E-state index contributed by atoms with van der Waals surface area (Å²) in [4.78, 5) is 2.41. The van der Waals surface area contributed by atoms with E-state index in [2.05, 4.69) is 223 Å². The van der Waals surface area contributed by atoms with Crippen molar-refractivity contribution in [3.63, 3.8) is 0 Å². The van der Waals surface area contributed by atoms with Crippen LogP contribution in [-0.4, -0.2) is 0 Å². The van der Waals surface area contributed by atoms with E-state index in [1.807, 2.05) is 6.07 Å². The quantitative estimate of drug-likeness (QED) is 0.162. The smallest absolute Gasteiger partial charge is 0.136 e. The van der Waals surface area contributed by atoms with E-state index in [1.54, 1.807) is 0 Å². The monoisotopic (exact) mass is 739 g/mol. The predicted octanol–water partition coefficient (Wildman–Crippen LogP) is 16.0. The third kappa shape index (κ3) is 5.82. The maximum atomic E-state index is 6.29. The van der Waals surface area contributed by atoms with Gasteiger partial charge < -0.3 is 9.32 Å². The van der Waals surface area contributed by atoms with E-state index in [4.69, 9.17) is 4.42 Å². The highest BCUT2D eigenvalue weighted by Crippen LogP contribution is 2.45. The maximum absolute atomic E-state index is 6.29. The van der Waals surface area contributed by atoms with Crippen LogP contribution in [0.2, 0.25) is 0 Å². The highest BCUT2D eigenvalue weighted by molar-refractivity contribution is 6.21. The van der Waals surface area contributed by atoms with E-state index in [9.17, 15) is 0 Å². The fourth-order valence-electron chi connectivity index (χ4n) is 8.73. The molecule has 0 fully saturated rings. The molecule has 58 heavy (non-hydrogen) atoms. The summed E-state index contributed by atoms with van der Waals surface area (Å²) >= 11 is 0. The number of benzene rings is 10. The number of hydrogen-bond donors (Lipinski definition) is 0. The lowest BCUT2D eigenvalue weighted by Crippen LogP contribution is -2.11. The van der Waals surface area contributed by atoms with Crippen molar-refractivity contribution >= 4 is 60.5 Å². The molecule has 11 rings (SSSR count). The van der Waals surface area contributed by atoms with Gasteiger partial charge in [-0.3, -0.25) is 0 Å². The van der Waals surface area contributed by atoms with Gasteiger partial charge in [-0.15, -0.1) is 0 Å². The molecule has 1 aromatic heterocycles. The van der Waals surface area contributed by atoms with E-state index in [0.29, 0.717) is 0 Å². The lowest BCUT2D eigenvalue weighted by Gasteiger charge is -2.28. The summed E-state index contributed by atoms with van der Waals surface area (Å²) in [6.07, 6.45) is 0. The minimum Gasteiger partial charge on any atom is -0.456 e. The van der Waals surface area contributed by atoms with Crippen molar-refractivity contribution in [3.8, 4) is 44.5 Å². The molecule has 0 saturated carbocycles. The number of rotatable bonds is 7. The van der Waals surface area contributed by atoms with Crippen molar-refractivity contribution in [1.29, 1.82) is 0 Å². The zero-order chi connectivity index (χ0) is 38.4. The van der Waals surface area contributed by atoms with Gasteiger partial charge in [-0.25, -0.2) is 0 Å². The molecular weight excluding hydrogens is 703 g/mol. The molecule has 1 heterocycles. The van der Waals surface area contributed by atoms with Gasteiger partial charge in [0.1, 0.15) is 11.2 Å². The summed E-state index contributed by atoms with van der Waals surface area (Å²) in [6.45, 7) is 0. The standard InChI is InChI=1S/C56H37NO/c1-2-14-38(15-3-1)40-30-32-44(33-31-40)57(53-26-10-8-21-47(53)43-29-28-39-16-4-5-17-41(39)36-43)45-19-12-18-42(37-45)46-20-6-7-22-48(46)49-24-13-25-51-50(49)34-35-55-56(51)52-23-9-11-27-54(52)58-55/h1-37H. The van der Waals surface area contributed by atoms with Crippen LogP contribution in [0.25, 0.3) is 88.0 Å². The zero-order valence-corrected chi connectivity index (χ0v) is 31.7. The minimum atomic E-state index is 0.910. The molecule has 0 atom stereocenters. The van der Waals surface area contributed by atoms with Crippen LogP contribution in [0, 0.1) is 0 Å². The Hall–Kier alpha value is -7.68. The van der Waals surface area contributed by atoms with Crippen LogP contribution < -0.4 is 4.90 Å². The van der Waals surface area contributed by atoms with Crippen LogP contribution in [0.15, 0.2) is 229 Å². The Morgan fingerprint density at radius 3 is 1.79 bits per heavy atom. The van der Waals surface area contributed by atoms with E-state index in [0.717, 1.165) is 44.6 Å². The average Bonchev–Trinajstić information content (AvgIpc) is 3.69. The van der Waals surface area contributed by atoms with Crippen LogP contribution in [0.5, 0.6) is 0 Å². The van der Waals surface area contributed by atoms with Crippen LogP contribution in [-0.2, 0) is 0 Å². The molecule has 0 aliphatic heterocycles. The molecule has 0 N–H and O–H groups in total. The van der Waals surface area contributed by atoms with Gasteiger partial charge in [0.2, 0.25) is 0 Å². The Kier molecular flexibility index (Phi) is 8.19. The van der Waals surface area contributed by atoms with Crippen LogP contribution >= 0.6 is 0 Å². The number of nitrogens with zero attached hydrogens (tertiary/aromatic N) is 1. The second kappa shape index (κ2) is 14.1. The number of fused-ring (bicyclic) bond motifs is 6. The lowest BCUT2D eigenvalue weighted by molar-refractivity contribution is 0.669. The fourth-order valence-corrected chi connectivity index (χ4v) is 8.73. The Bertz CT molecular complexity index is 3290. The summed E-state index contributed by atoms with van der Waals surface area (Å²) in [7, 11) is 0. The molecule has 2 nitrogen and oxygen atoms in total. The van der Waals surface area contributed by atoms with Crippen molar-refractivity contribution in [2.45, 2.75) is 0 Å². The normalized spacial score (nSPS) is 11.4. The zero-order valence-electron chi connectivity index (χ0n) is 31.7. The first kappa shape index (κ1) is 33.6. The molecule has 11 aromatic rings. The van der Waals surface area contributed by atoms with Gasteiger partial charge in [-0.05, 0) is 109 Å². The number of para-hydroxylation sites is 2. The Labute approximate surface area is 337 Å². The van der Waals surface area contributed by atoms with Gasteiger partial charge in [0.15, 0.2) is 0 Å². The Morgan fingerprint density at radius 2 is 0.914 bits per heavy atom. The topological polar surface area (TPSA) is 16.4 Å². The van der Waals surface area contributed by atoms with Crippen LogP contribution in [0.3, 0.4) is 0 Å². The highest BCUT2D eigenvalue weighted by atomic mass is 16.3. The lowest BCUT2D eigenvalue weighted by atomic mass is 9.90. The number of hydrogen-bond acceptors (Lipinski definition) is 2. The van der Waals surface area contributed by atoms with Crippen molar-refractivity contribution in [2.75, 3.05) is 4.90 Å². The first-order valence-corrected chi connectivity index (χ1v) is 19.8. The number of furan rings is 1. The van der Waals surface area contributed by atoms with E-state index in [-0.39, 0.29) is 0 Å². The molecule has 0 bridgehead atoms. The largest absolute Gasteiger partial charge is 0.456 e. The second-order valence-electron chi connectivity index (χ2n) is 14.9. The molecule has 2 heteroatoms. The molecule has 0 saturated heterocycles. The predicted molar refractivity (Wildman–Crippen MR) is 245 cm³/mol. The molecule has 0 radical (unpaired) electrons. The third-order valence-corrected chi connectivity index (χ3v) is 11.5. The van der Waals surface area contributed by atoms with E-state index < -0.39 is 0 Å². The van der Waals surface area contributed by atoms with Crippen molar-refractivity contribution in [1.82, 2.24) is 0 Å². The summed E-state index contributed by atoms with van der Waals surface area (Å²) < 4.78 is 6.29. The maximum Gasteiger partial charge on any atom is 0.136 e. The van der Waals surface area contributed by atoms with Gasteiger partial charge in [0.05, 0.1) is 5.69 Å². The van der Waals surface area contributed by atoms with Gasteiger partial charge in [-0.1, -0.05) is 176 Å². The summed E-state index contributed by atoms with van der Waals surface area (Å²) in [5.41, 5.74) is 14.5. The fraction of sp³-hybridized carbons (Fsp3) is 0. The first-order chi connectivity index (χ1) is 28.8. The summed E-state index contributed by atoms with van der Waals surface area (Å²) in [5.74, 6) is 0. The van der Waals surface area contributed by atoms with Crippen molar-refractivity contribution in [3.05, 3.63) is 224 Å². The molecule has 0 aliphatic rings. The van der Waals surface area contributed by atoms with E-state index in [1.165, 1.54) is 60.5 Å². The van der Waals surface area contributed by atoms with Crippen LogP contribution in [0.1, 0.15) is 0 Å². The van der Waals surface area contributed by atoms with Crippen LogP contribution in [0.4, 0.5) is 17.1 Å². The molecule has 0 amide bonds. The molecule has 10 aromatic carbocycles. The number of anilines is 3. The highest BCUT2D eigenvalue weighted by Gasteiger charge is 2.20. The molecule has 0 unspecified atom stereocenters. The van der Waals surface area contributed by atoms with Gasteiger partial charge in [0, 0.05) is 27.7 Å². The third-order valence-electron chi connectivity index (χ3n) is 11.5. The Balaban J connectivity index is 1.07. The Morgan fingerprint density at radius 1 is 0.293 bits per heavy atom. The molecular formula is C56H37NO. The minimum absolute atomic E-state index is 0.910. The average molecular weight is 740 g/mol.